The first-order chi connectivity index (χ1) is 19.4. The molecule has 2 fully saturated rings. The average molecular weight is 601 g/mol. The van der Waals surface area contributed by atoms with E-state index in [1.165, 1.54) is 24.4 Å². The Bertz CT molecular complexity index is 1500. The Morgan fingerprint density at radius 3 is 2.44 bits per heavy atom. The molecule has 1 aromatic heterocycles. The fraction of sp³-hybridized carbons (Fsp3) is 0.407. The lowest BCUT2D eigenvalue weighted by Crippen LogP contribution is -2.48. The van der Waals surface area contributed by atoms with E-state index < -0.39 is 67.9 Å². The topological polar surface area (TPSA) is 84.4 Å². The van der Waals surface area contributed by atoms with Gasteiger partial charge in [0.05, 0.1) is 5.56 Å². The van der Waals surface area contributed by atoms with Crippen molar-refractivity contribution < 1.29 is 39.5 Å². The van der Waals surface area contributed by atoms with Gasteiger partial charge in [-0.05, 0) is 68.8 Å². The maximum atomic E-state index is 15.1. The van der Waals surface area contributed by atoms with Crippen LogP contribution >= 0.6 is 0 Å². The molecule has 2 heterocycles. The Kier molecular flexibility index (Phi) is 8.15. The molecule has 1 saturated carbocycles. The Hall–Kier alpha value is -3.39. The molecule has 14 heteroatoms. The number of anilines is 1. The van der Waals surface area contributed by atoms with Crippen LogP contribution in [0.3, 0.4) is 0 Å². The Labute approximate surface area is 232 Å². The van der Waals surface area contributed by atoms with E-state index in [0.29, 0.717) is 31.3 Å². The summed E-state index contributed by atoms with van der Waals surface area (Å²) in [4.78, 5) is 8.49. The standard InChI is InChI=1S/C27H26F6N4O3S/c28-19-14-24(41(38,39)36-25-8-9-34-15-35-25)20(29)13-23(19)40-22-7-6-16(12-21(22)37-10-1-2-11-37)17-4-3-5-18(26(17)30)27(31,32)33/h3-5,8-9,13-16,21-22H,1-2,6-7,10-12H2,(H,34,35,36)/t16-,21-,22-/m0/s1. The molecule has 2 aromatic carbocycles. The lowest BCUT2D eigenvalue weighted by atomic mass is 9.78. The number of likely N-dealkylation sites (tertiary alicyclic amines) is 1. The molecule has 3 aromatic rings. The van der Waals surface area contributed by atoms with Crippen molar-refractivity contribution in [2.24, 2.45) is 0 Å². The predicted octanol–water partition coefficient (Wildman–Crippen LogP) is 5.89. The van der Waals surface area contributed by atoms with E-state index in [-0.39, 0.29) is 30.6 Å². The van der Waals surface area contributed by atoms with Gasteiger partial charge in [0.25, 0.3) is 10.0 Å². The van der Waals surface area contributed by atoms with Crippen LogP contribution in [0.25, 0.3) is 0 Å². The Morgan fingerprint density at radius 2 is 1.76 bits per heavy atom. The lowest BCUT2D eigenvalue weighted by molar-refractivity contribution is -0.140. The molecule has 2 aliphatic rings. The summed E-state index contributed by atoms with van der Waals surface area (Å²) in [5.41, 5.74) is -1.36. The van der Waals surface area contributed by atoms with Gasteiger partial charge in [0.1, 0.15) is 34.8 Å². The van der Waals surface area contributed by atoms with Crippen LogP contribution in [-0.4, -0.2) is 48.5 Å². The van der Waals surface area contributed by atoms with Crippen molar-refractivity contribution in [3.63, 3.8) is 0 Å². The highest BCUT2D eigenvalue weighted by molar-refractivity contribution is 7.92. The number of nitrogens with zero attached hydrogens (tertiary/aromatic N) is 3. The van der Waals surface area contributed by atoms with Crippen molar-refractivity contribution in [2.45, 2.75) is 61.2 Å². The number of rotatable bonds is 7. The molecule has 1 aliphatic heterocycles. The van der Waals surface area contributed by atoms with Crippen LogP contribution in [0, 0.1) is 17.5 Å². The molecule has 1 N–H and O–H groups in total. The van der Waals surface area contributed by atoms with E-state index in [1.54, 1.807) is 0 Å². The largest absolute Gasteiger partial charge is 0.486 e. The monoisotopic (exact) mass is 600 g/mol. The number of nitrogens with one attached hydrogen (secondary N) is 1. The zero-order chi connectivity index (χ0) is 29.4. The molecule has 41 heavy (non-hydrogen) atoms. The minimum atomic E-state index is -4.83. The summed E-state index contributed by atoms with van der Waals surface area (Å²) in [5.74, 6) is -4.83. The normalized spacial score (nSPS) is 22.0. The molecule has 0 unspecified atom stereocenters. The van der Waals surface area contributed by atoms with Gasteiger partial charge in [0, 0.05) is 24.4 Å². The van der Waals surface area contributed by atoms with Crippen molar-refractivity contribution in [3.05, 3.63) is 77.5 Å². The van der Waals surface area contributed by atoms with Gasteiger partial charge in [-0.25, -0.2) is 31.6 Å². The van der Waals surface area contributed by atoms with E-state index >= 15 is 8.78 Å². The number of hydrogen-bond acceptors (Lipinski definition) is 6. The van der Waals surface area contributed by atoms with E-state index in [4.69, 9.17) is 4.74 Å². The summed E-state index contributed by atoms with van der Waals surface area (Å²) >= 11 is 0. The Morgan fingerprint density at radius 1 is 1.00 bits per heavy atom. The molecular formula is C27H26F6N4O3S. The van der Waals surface area contributed by atoms with Gasteiger partial charge >= 0.3 is 6.18 Å². The van der Waals surface area contributed by atoms with Crippen molar-refractivity contribution in [2.75, 3.05) is 17.8 Å². The lowest BCUT2D eigenvalue weighted by Gasteiger charge is -2.41. The van der Waals surface area contributed by atoms with Crippen LogP contribution in [0.4, 0.5) is 32.2 Å². The van der Waals surface area contributed by atoms with Crippen LogP contribution in [-0.2, 0) is 16.2 Å². The number of ether oxygens (including phenoxy) is 1. The maximum absolute atomic E-state index is 15.1. The number of aromatic nitrogens is 2. The second kappa shape index (κ2) is 11.5. The van der Waals surface area contributed by atoms with Crippen LogP contribution in [0.2, 0.25) is 0 Å². The van der Waals surface area contributed by atoms with Crippen molar-refractivity contribution in [3.8, 4) is 5.75 Å². The van der Waals surface area contributed by atoms with Gasteiger partial charge in [0.2, 0.25) is 0 Å². The Balaban J connectivity index is 1.38. The first-order valence-electron chi connectivity index (χ1n) is 13.0. The smallest absolute Gasteiger partial charge is 0.419 e. The summed E-state index contributed by atoms with van der Waals surface area (Å²) in [6, 6.07) is 5.24. The third-order valence-electron chi connectivity index (χ3n) is 7.51. The van der Waals surface area contributed by atoms with Gasteiger partial charge in [-0.1, -0.05) is 12.1 Å². The molecule has 0 bridgehead atoms. The molecular weight excluding hydrogens is 574 g/mol. The average Bonchev–Trinajstić information content (AvgIpc) is 3.45. The maximum Gasteiger partial charge on any atom is 0.419 e. The third-order valence-corrected chi connectivity index (χ3v) is 8.88. The molecule has 5 rings (SSSR count). The highest BCUT2D eigenvalue weighted by atomic mass is 32.2. The molecule has 3 atom stereocenters. The molecule has 0 spiro atoms. The van der Waals surface area contributed by atoms with Crippen LogP contribution < -0.4 is 9.46 Å². The second-order valence-electron chi connectivity index (χ2n) is 10.1. The summed E-state index contributed by atoms with van der Waals surface area (Å²) in [5, 5.41) is 0. The number of hydrogen-bond donors (Lipinski definition) is 1. The van der Waals surface area contributed by atoms with Gasteiger partial charge < -0.3 is 4.74 Å². The van der Waals surface area contributed by atoms with E-state index in [0.717, 1.165) is 19.2 Å². The second-order valence-corrected chi connectivity index (χ2v) is 11.7. The highest BCUT2D eigenvalue weighted by Crippen LogP contribution is 2.42. The van der Waals surface area contributed by atoms with E-state index in [1.807, 2.05) is 0 Å². The summed E-state index contributed by atoms with van der Waals surface area (Å²) in [6.45, 7) is 1.34. The van der Waals surface area contributed by atoms with Gasteiger partial charge in [-0.3, -0.25) is 9.62 Å². The zero-order valence-electron chi connectivity index (χ0n) is 21.5. The van der Waals surface area contributed by atoms with Crippen molar-refractivity contribution in [1.29, 1.82) is 0 Å². The number of halogens is 6. The van der Waals surface area contributed by atoms with Gasteiger partial charge in [0.15, 0.2) is 11.6 Å². The van der Waals surface area contributed by atoms with Crippen LogP contribution in [0.15, 0.2) is 53.8 Å². The number of alkyl halides is 3. The quantitative estimate of drug-likeness (QED) is 0.341. The molecule has 0 amide bonds. The molecule has 1 aliphatic carbocycles. The minimum Gasteiger partial charge on any atom is -0.486 e. The summed E-state index contributed by atoms with van der Waals surface area (Å²) in [7, 11) is -4.53. The van der Waals surface area contributed by atoms with Crippen LogP contribution in [0.1, 0.15) is 49.1 Å². The fourth-order valence-corrected chi connectivity index (χ4v) is 6.67. The molecule has 7 nitrogen and oxygen atoms in total. The first-order valence-corrected chi connectivity index (χ1v) is 14.5. The van der Waals surface area contributed by atoms with Gasteiger partial charge in [-0.15, -0.1) is 0 Å². The highest BCUT2D eigenvalue weighted by Gasteiger charge is 2.41. The summed E-state index contributed by atoms with van der Waals surface area (Å²) in [6.07, 6.45) is -0.674. The number of sulfonamides is 1. The van der Waals surface area contributed by atoms with Gasteiger partial charge in [-0.2, -0.15) is 13.2 Å². The first kappa shape index (κ1) is 29.1. The minimum absolute atomic E-state index is 0.0366. The molecule has 0 radical (unpaired) electrons. The molecule has 220 valence electrons. The SMILES string of the molecule is O=S(=O)(Nc1ccncn1)c1cc(F)c(O[C@H]2CC[C@H](c3cccc(C(F)(F)F)c3F)C[C@@H]2N2CCCC2)cc1F. The molecule has 1 saturated heterocycles. The van der Waals surface area contributed by atoms with E-state index in [2.05, 4.69) is 19.6 Å². The summed E-state index contributed by atoms with van der Waals surface area (Å²) < 4.78 is 118. The van der Waals surface area contributed by atoms with E-state index in [9.17, 15) is 26.0 Å². The fourth-order valence-electron chi connectivity index (χ4n) is 5.59. The van der Waals surface area contributed by atoms with Crippen molar-refractivity contribution >= 4 is 15.8 Å². The van der Waals surface area contributed by atoms with Crippen LogP contribution in [0.5, 0.6) is 5.75 Å². The number of benzene rings is 2. The van der Waals surface area contributed by atoms with Crippen molar-refractivity contribution in [1.82, 2.24) is 14.9 Å². The third kappa shape index (κ3) is 6.27. The zero-order valence-corrected chi connectivity index (χ0v) is 22.4. The predicted molar refractivity (Wildman–Crippen MR) is 136 cm³/mol.